The molecule has 1 aliphatic rings. The third kappa shape index (κ3) is 4.16. The molecule has 0 aliphatic heterocycles. The fourth-order valence-electron chi connectivity index (χ4n) is 3.27. The summed E-state index contributed by atoms with van der Waals surface area (Å²) < 4.78 is 31.0. The van der Waals surface area contributed by atoms with Gasteiger partial charge >= 0.3 is 15.8 Å². The number of rotatable bonds is 5. The Morgan fingerprint density at radius 2 is 1.55 bits per heavy atom. The predicted molar refractivity (Wildman–Crippen MR) is 114 cm³/mol. The summed E-state index contributed by atoms with van der Waals surface area (Å²) in [5.41, 5.74) is 11.0. The number of Topliss-reactive ketones (excluding diaryl/α,β-unsaturated/α-hetero) is 1. The average molecular weight is 432 g/mol. The second-order valence-electron chi connectivity index (χ2n) is 6.89. The number of carbonyl (C=O) groups excluding carboxylic acids is 1. The number of carbonyl (C=O) groups is 1. The van der Waals surface area contributed by atoms with Crippen molar-refractivity contribution >= 4 is 27.7 Å². The highest BCUT2D eigenvalue weighted by atomic mass is 32.2. The zero-order valence-corrected chi connectivity index (χ0v) is 16.9. The molecule has 0 saturated carbocycles. The molecule has 1 aliphatic carbocycles. The molecule has 0 atom stereocenters. The SMILES string of the molecule is [N-]=[N+]=C1C=Cc2c(cccc2S(=O)(=O)Oc2ccc(Cc3ccc(O)cc3)cc2)C1=O. The van der Waals surface area contributed by atoms with E-state index in [-0.39, 0.29) is 33.2 Å². The van der Waals surface area contributed by atoms with Crippen LogP contribution in [0.5, 0.6) is 11.5 Å². The Hall–Kier alpha value is -4.00. The van der Waals surface area contributed by atoms with Crippen LogP contribution in [0.4, 0.5) is 0 Å². The summed E-state index contributed by atoms with van der Waals surface area (Å²) >= 11 is 0. The first-order valence-electron chi connectivity index (χ1n) is 9.26. The van der Waals surface area contributed by atoms with Crippen molar-refractivity contribution in [2.75, 3.05) is 0 Å². The van der Waals surface area contributed by atoms with Crippen LogP contribution in [0, 0.1) is 0 Å². The lowest BCUT2D eigenvalue weighted by atomic mass is 9.95. The summed E-state index contributed by atoms with van der Waals surface area (Å²) in [4.78, 5) is 15.1. The molecular weight excluding hydrogens is 416 g/mol. The average Bonchev–Trinajstić information content (AvgIpc) is 2.76. The Morgan fingerprint density at radius 1 is 0.903 bits per heavy atom. The highest BCUT2D eigenvalue weighted by molar-refractivity contribution is 7.87. The third-order valence-electron chi connectivity index (χ3n) is 4.80. The number of allylic oxidation sites excluding steroid dienone is 1. The van der Waals surface area contributed by atoms with Gasteiger partial charge in [-0.15, -0.1) is 0 Å². The molecule has 0 unspecified atom stereocenters. The molecule has 0 bridgehead atoms. The number of phenols is 1. The minimum Gasteiger partial charge on any atom is -0.508 e. The van der Waals surface area contributed by atoms with Gasteiger partial charge in [0.05, 0.1) is 0 Å². The minimum absolute atomic E-state index is 0.115. The van der Waals surface area contributed by atoms with Gasteiger partial charge in [0.2, 0.25) is 0 Å². The number of phenolic OH excluding ortho intramolecular Hbond substituents is 1. The molecule has 31 heavy (non-hydrogen) atoms. The molecule has 0 amide bonds. The summed E-state index contributed by atoms with van der Waals surface area (Å²) in [6.45, 7) is 0. The normalized spacial score (nSPS) is 12.9. The van der Waals surface area contributed by atoms with Crippen molar-refractivity contribution in [3.63, 3.8) is 0 Å². The summed E-state index contributed by atoms with van der Waals surface area (Å²) in [6, 6.07) is 17.7. The largest absolute Gasteiger partial charge is 0.508 e. The zero-order valence-electron chi connectivity index (χ0n) is 16.1. The van der Waals surface area contributed by atoms with Gasteiger partial charge in [-0.25, -0.2) is 0 Å². The van der Waals surface area contributed by atoms with E-state index < -0.39 is 15.9 Å². The molecule has 0 radical (unpaired) electrons. The molecule has 0 heterocycles. The first kappa shape index (κ1) is 20.3. The molecule has 3 aromatic rings. The van der Waals surface area contributed by atoms with E-state index in [4.69, 9.17) is 9.71 Å². The van der Waals surface area contributed by atoms with Crippen molar-refractivity contribution < 1.29 is 27.3 Å². The van der Waals surface area contributed by atoms with Gasteiger partial charge in [0.1, 0.15) is 16.4 Å². The lowest BCUT2D eigenvalue weighted by Gasteiger charge is -2.13. The highest BCUT2D eigenvalue weighted by Gasteiger charge is 2.31. The minimum atomic E-state index is -4.21. The Kier molecular flexibility index (Phi) is 5.25. The maximum Gasteiger partial charge on any atom is 0.362 e. The molecule has 0 spiro atoms. The maximum absolute atomic E-state index is 12.9. The summed E-state index contributed by atoms with van der Waals surface area (Å²) in [5.74, 6) is -0.247. The van der Waals surface area contributed by atoms with Gasteiger partial charge in [-0.1, -0.05) is 36.4 Å². The van der Waals surface area contributed by atoms with Crippen molar-refractivity contribution in [3.8, 4) is 11.5 Å². The molecule has 154 valence electrons. The lowest BCUT2D eigenvalue weighted by Crippen LogP contribution is -2.20. The van der Waals surface area contributed by atoms with E-state index in [0.29, 0.717) is 6.42 Å². The van der Waals surface area contributed by atoms with E-state index in [1.807, 2.05) is 12.1 Å². The highest BCUT2D eigenvalue weighted by Crippen LogP contribution is 2.28. The number of benzene rings is 3. The Labute approximate surface area is 178 Å². The first-order valence-corrected chi connectivity index (χ1v) is 10.7. The van der Waals surface area contributed by atoms with Crippen LogP contribution in [0.2, 0.25) is 0 Å². The second-order valence-corrected chi connectivity index (χ2v) is 8.40. The first-order chi connectivity index (χ1) is 14.9. The van der Waals surface area contributed by atoms with E-state index in [1.165, 1.54) is 30.4 Å². The van der Waals surface area contributed by atoms with Crippen LogP contribution in [-0.4, -0.2) is 29.8 Å². The van der Waals surface area contributed by atoms with Crippen molar-refractivity contribution in [1.29, 1.82) is 0 Å². The maximum atomic E-state index is 12.9. The number of fused-ring (bicyclic) bond motifs is 1. The van der Waals surface area contributed by atoms with Crippen molar-refractivity contribution in [2.24, 2.45) is 0 Å². The third-order valence-corrected chi connectivity index (χ3v) is 6.11. The quantitative estimate of drug-likeness (QED) is 0.375. The number of nitrogens with zero attached hydrogens (tertiary/aromatic N) is 2. The van der Waals surface area contributed by atoms with Gasteiger partial charge in [0.25, 0.3) is 5.78 Å². The summed E-state index contributed by atoms with van der Waals surface area (Å²) in [5, 5.41) is 9.36. The van der Waals surface area contributed by atoms with E-state index in [0.717, 1.165) is 11.1 Å². The molecule has 7 nitrogen and oxygen atoms in total. The fraction of sp³-hybridized carbons (Fsp3) is 0.0435. The molecule has 0 fully saturated rings. The van der Waals surface area contributed by atoms with E-state index in [2.05, 4.69) is 4.79 Å². The second kappa shape index (κ2) is 8.02. The summed E-state index contributed by atoms with van der Waals surface area (Å²) in [6.07, 6.45) is 3.27. The Balaban J connectivity index is 1.57. The topological polar surface area (TPSA) is 117 Å². The van der Waals surface area contributed by atoms with E-state index >= 15 is 0 Å². The van der Waals surface area contributed by atoms with Crippen LogP contribution < -0.4 is 4.18 Å². The van der Waals surface area contributed by atoms with Gasteiger partial charge in [-0.2, -0.15) is 13.2 Å². The van der Waals surface area contributed by atoms with Gasteiger partial charge < -0.3 is 14.8 Å². The van der Waals surface area contributed by atoms with Crippen LogP contribution in [0.25, 0.3) is 11.6 Å². The molecule has 0 saturated heterocycles. The molecule has 8 heteroatoms. The van der Waals surface area contributed by atoms with Crippen LogP contribution >= 0.6 is 0 Å². The van der Waals surface area contributed by atoms with Crippen LogP contribution in [0.3, 0.4) is 0 Å². The van der Waals surface area contributed by atoms with Crippen molar-refractivity contribution in [3.05, 3.63) is 101 Å². The van der Waals surface area contributed by atoms with Crippen molar-refractivity contribution in [1.82, 2.24) is 0 Å². The molecule has 0 aromatic heterocycles. The Morgan fingerprint density at radius 3 is 2.19 bits per heavy atom. The van der Waals surface area contributed by atoms with Gasteiger partial charge in [-0.05, 0) is 54.0 Å². The number of hydrogen-bond donors (Lipinski definition) is 1. The van der Waals surface area contributed by atoms with Gasteiger partial charge in [0.15, 0.2) is 0 Å². The number of hydrogen-bond acceptors (Lipinski definition) is 5. The van der Waals surface area contributed by atoms with Crippen LogP contribution in [0.1, 0.15) is 27.0 Å². The van der Waals surface area contributed by atoms with Crippen LogP contribution in [-0.2, 0) is 16.5 Å². The molecular formula is C23H16N2O5S. The fourth-order valence-corrected chi connectivity index (χ4v) is 4.42. The van der Waals surface area contributed by atoms with Gasteiger partial charge in [0, 0.05) is 17.2 Å². The van der Waals surface area contributed by atoms with Crippen molar-refractivity contribution in [2.45, 2.75) is 11.3 Å². The zero-order chi connectivity index (χ0) is 22.0. The predicted octanol–water partition coefficient (Wildman–Crippen LogP) is 3.63. The monoisotopic (exact) mass is 432 g/mol. The Bertz CT molecular complexity index is 1350. The lowest BCUT2D eigenvalue weighted by molar-refractivity contribution is -0.00436. The van der Waals surface area contributed by atoms with Crippen LogP contribution in [0.15, 0.2) is 77.7 Å². The number of aromatic hydroxyl groups is 1. The number of ketones is 1. The molecule has 1 N–H and O–H groups in total. The van der Waals surface area contributed by atoms with E-state index in [1.54, 1.807) is 36.4 Å². The summed E-state index contributed by atoms with van der Waals surface area (Å²) in [7, 11) is -4.21. The smallest absolute Gasteiger partial charge is 0.362 e. The standard InChI is InChI=1S/C23H16N2O5S/c24-25-21-13-12-19-20(23(21)27)2-1-3-22(19)31(28,29)30-18-10-6-16(7-11-18)14-15-4-8-17(26)9-5-15/h1-13,26H,14H2. The molecule has 3 aromatic carbocycles. The van der Waals surface area contributed by atoms with Gasteiger partial charge in [-0.3, -0.25) is 4.79 Å². The van der Waals surface area contributed by atoms with E-state index in [9.17, 15) is 18.3 Å². The molecule has 4 rings (SSSR count).